The van der Waals surface area contributed by atoms with Crippen LogP contribution < -0.4 is 0 Å². The number of carbonyl (C=O) groups excluding carboxylic acids is 6. The van der Waals surface area contributed by atoms with Gasteiger partial charge in [-0.3, -0.25) is 24.0 Å². The molecule has 0 aromatic rings. The van der Waals surface area contributed by atoms with Crippen LogP contribution in [0.25, 0.3) is 0 Å². The van der Waals surface area contributed by atoms with E-state index in [0.717, 1.165) is 103 Å². The first-order chi connectivity index (χ1) is 29.7. The van der Waals surface area contributed by atoms with Crippen molar-refractivity contribution in [2.45, 2.75) is 227 Å². The molecule has 0 heterocycles. The van der Waals surface area contributed by atoms with E-state index < -0.39 is 47.8 Å². The van der Waals surface area contributed by atoms with E-state index in [1.54, 1.807) is 20.8 Å². The van der Waals surface area contributed by atoms with Gasteiger partial charge in [0.25, 0.3) is 0 Å². The molecule has 0 saturated heterocycles. The highest BCUT2D eigenvalue weighted by atomic mass is 16.6. The Balaban J connectivity index is 5.33. The van der Waals surface area contributed by atoms with Crippen molar-refractivity contribution in [2.75, 3.05) is 46.1 Å². The lowest BCUT2D eigenvalue weighted by molar-refractivity contribution is -0.167. The first kappa shape index (κ1) is 58.6. The molecule has 14 nitrogen and oxygen atoms in total. The van der Waals surface area contributed by atoms with Crippen molar-refractivity contribution in [3.05, 3.63) is 0 Å². The van der Waals surface area contributed by atoms with E-state index in [0.29, 0.717) is 25.9 Å². The molecule has 0 N–H and O–H groups in total. The summed E-state index contributed by atoms with van der Waals surface area (Å²) in [6.07, 6.45) is 16.6. The van der Waals surface area contributed by atoms with Crippen LogP contribution in [-0.4, -0.2) is 105 Å². The van der Waals surface area contributed by atoms with E-state index in [1.807, 2.05) is 0 Å². The summed E-state index contributed by atoms with van der Waals surface area (Å²) in [7, 11) is 0. The largest absolute Gasteiger partial charge is 0.462 e. The van der Waals surface area contributed by atoms with Gasteiger partial charge in [0.1, 0.15) is 25.4 Å². The monoisotopic (exact) mass is 886 g/mol. The van der Waals surface area contributed by atoms with Crippen molar-refractivity contribution in [1.29, 1.82) is 0 Å². The summed E-state index contributed by atoms with van der Waals surface area (Å²) >= 11 is 0. The van der Waals surface area contributed by atoms with Crippen molar-refractivity contribution in [3.63, 3.8) is 0 Å². The first-order valence-corrected chi connectivity index (χ1v) is 24.2. The molecule has 1 unspecified atom stereocenters. The Bertz CT molecular complexity index is 1160. The third-order valence-electron chi connectivity index (χ3n) is 9.81. The predicted molar refractivity (Wildman–Crippen MR) is 239 cm³/mol. The number of nitrogens with zero attached hydrogens (tertiary/aromatic N) is 1. The minimum absolute atomic E-state index is 0.0182. The fourth-order valence-corrected chi connectivity index (χ4v) is 6.23. The van der Waals surface area contributed by atoms with Crippen molar-refractivity contribution < 1.29 is 61.9 Å². The van der Waals surface area contributed by atoms with Gasteiger partial charge in [0.15, 0.2) is 12.2 Å². The van der Waals surface area contributed by atoms with Gasteiger partial charge in [-0.25, -0.2) is 4.79 Å². The fraction of sp³-hybridized carbons (Fsp3) is 0.875. The lowest BCUT2D eigenvalue weighted by atomic mass is 10.1. The summed E-state index contributed by atoms with van der Waals surface area (Å²) in [5.74, 6) is -2.26. The third kappa shape index (κ3) is 37.2. The van der Waals surface area contributed by atoms with E-state index in [4.69, 9.17) is 33.2 Å². The van der Waals surface area contributed by atoms with Crippen molar-refractivity contribution >= 4 is 35.9 Å². The van der Waals surface area contributed by atoms with Crippen LogP contribution >= 0.6 is 0 Å². The number of ether oxygens (including phenoxy) is 7. The maximum absolute atomic E-state index is 13.2. The smallest absolute Gasteiger partial charge is 0.410 e. The van der Waals surface area contributed by atoms with Gasteiger partial charge >= 0.3 is 35.9 Å². The zero-order valence-electron chi connectivity index (χ0n) is 40.0. The molecular weight excluding hydrogens is 799 g/mol. The molecule has 0 aliphatic carbocycles. The number of esters is 5. The van der Waals surface area contributed by atoms with E-state index in [1.165, 1.54) is 4.90 Å². The van der Waals surface area contributed by atoms with E-state index >= 15 is 0 Å². The molecule has 0 aliphatic rings. The highest BCUT2D eigenvalue weighted by Crippen LogP contribution is 2.14. The fourth-order valence-electron chi connectivity index (χ4n) is 6.23. The van der Waals surface area contributed by atoms with Crippen LogP contribution in [0.4, 0.5) is 4.79 Å². The third-order valence-corrected chi connectivity index (χ3v) is 9.81. The van der Waals surface area contributed by atoms with Gasteiger partial charge in [0, 0.05) is 51.8 Å². The summed E-state index contributed by atoms with van der Waals surface area (Å²) in [5, 5.41) is 0. The average molecular weight is 886 g/mol. The quantitative estimate of drug-likeness (QED) is 0.0324. The Hall–Kier alpha value is -3.42. The number of unbranched alkanes of at least 4 members (excludes halogenated alkanes) is 14. The molecule has 0 aromatic heterocycles. The predicted octanol–water partition coefficient (Wildman–Crippen LogP) is 10.5. The highest BCUT2D eigenvalue weighted by molar-refractivity contribution is 5.72. The molecule has 0 fully saturated rings. The molecule has 1 atom stereocenters. The average Bonchev–Trinajstić information content (AvgIpc) is 3.22. The molecule has 0 radical (unpaired) electrons. The standard InChI is InChI=1S/C48H87NO13/c1-8-12-16-19-22-28-42(50)57-37-40(36-56-35-25-15-11-4)60-45(53)31-26-33-49(47(55)62-48(5,6)7)34-27-32-46(54)61-41(38-58-43(51)29-23-20-17-13-9-2)39-59-44(52)30-24-21-18-14-10-3/h40-41H,8-39H2,1-7H3. The van der Waals surface area contributed by atoms with Crippen LogP contribution in [0.2, 0.25) is 0 Å². The summed E-state index contributed by atoms with van der Waals surface area (Å²) in [5.41, 5.74) is -0.780. The normalized spacial score (nSPS) is 11.8. The lowest BCUT2D eigenvalue weighted by Crippen LogP contribution is -2.38. The second-order valence-corrected chi connectivity index (χ2v) is 17.2. The van der Waals surface area contributed by atoms with Gasteiger partial charge in [0.2, 0.25) is 0 Å². The second-order valence-electron chi connectivity index (χ2n) is 17.2. The van der Waals surface area contributed by atoms with Gasteiger partial charge < -0.3 is 38.1 Å². The molecule has 0 saturated carbocycles. The summed E-state index contributed by atoms with van der Waals surface area (Å²) in [6, 6.07) is 0. The van der Waals surface area contributed by atoms with Crippen LogP contribution in [0.3, 0.4) is 0 Å². The molecule has 0 spiro atoms. The van der Waals surface area contributed by atoms with Crippen molar-refractivity contribution in [1.82, 2.24) is 4.90 Å². The zero-order valence-corrected chi connectivity index (χ0v) is 40.0. The first-order valence-electron chi connectivity index (χ1n) is 24.2. The molecule has 1 amide bonds. The Kier molecular flexibility index (Phi) is 37.0. The van der Waals surface area contributed by atoms with Crippen LogP contribution in [0.5, 0.6) is 0 Å². The maximum atomic E-state index is 13.2. The Morgan fingerprint density at radius 1 is 0.419 bits per heavy atom. The number of amides is 1. The second kappa shape index (κ2) is 39.2. The number of rotatable bonds is 40. The molecule has 0 aliphatic heterocycles. The van der Waals surface area contributed by atoms with E-state index in [-0.39, 0.29) is 84.0 Å². The Morgan fingerprint density at radius 2 is 0.758 bits per heavy atom. The van der Waals surface area contributed by atoms with Crippen LogP contribution in [0, 0.1) is 0 Å². The van der Waals surface area contributed by atoms with E-state index in [2.05, 4.69) is 27.7 Å². The van der Waals surface area contributed by atoms with Gasteiger partial charge in [-0.1, -0.05) is 118 Å². The van der Waals surface area contributed by atoms with Gasteiger partial charge in [-0.2, -0.15) is 0 Å². The SMILES string of the molecule is CCCCCCCC(=O)OCC(COCCCCC)OC(=O)CCCN(CCCC(=O)OC(COC(=O)CCCCCCC)COC(=O)CCCCCCC)C(=O)OC(C)(C)C. The molecule has 0 aromatic carbocycles. The number of hydrogen-bond acceptors (Lipinski definition) is 13. The topological polar surface area (TPSA) is 170 Å². The molecule has 0 bridgehead atoms. The van der Waals surface area contributed by atoms with Crippen molar-refractivity contribution in [3.8, 4) is 0 Å². The van der Waals surface area contributed by atoms with E-state index in [9.17, 15) is 28.8 Å². The molecular formula is C48H87NO13. The van der Waals surface area contributed by atoms with Gasteiger partial charge in [0.05, 0.1) is 6.61 Å². The number of hydrogen-bond donors (Lipinski definition) is 0. The summed E-state index contributed by atoms with van der Waals surface area (Å²) in [4.78, 5) is 77.9. The van der Waals surface area contributed by atoms with Gasteiger partial charge in [-0.05, 0) is 59.3 Å². The minimum Gasteiger partial charge on any atom is -0.462 e. The number of carbonyl (C=O) groups is 6. The van der Waals surface area contributed by atoms with Crippen LogP contribution in [0.15, 0.2) is 0 Å². The molecule has 0 rings (SSSR count). The van der Waals surface area contributed by atoms with Crippen LogP contribution in [0.1, 0.15) is 209 Å². The van der Waals surface area contributed by atoms with Gasteiger partial charge in [-0.15, -0.1) is 0 Å². The van der Waals surface area contributed by atoms with Crippen molar-refractivity contribution in [2.24, 2.45) is 0 Å². The maximum Gasteiger partial charge on any atom is 0.410 e. The molecule has 14 heteroatoms. The minimum atomic E-state index is -0.979. The Labute approximate surface area is 374 Å². The Morgan fingerprint density at radius 3 is 1.13 bits per heavy atom. The van der Waals surface area contributed by atoms with Crippen LogP contribution in [-0.2, 0) is 57.1 Å². The highest BCUT2D eigenvalue weighted by Gasteiger charge is 2.25. The lowest BCUT2D eigenvalue weighted by Gasteiger charge is -2.27. The molecule has 362 valence electrons. The summed E-state index contributed by atoms with van der Waals surface area (Å²) < 4.78 is 38.9. The zero-order chi connectivity index (χ0) is 46.3. The molecule has 62 heavy (non-hydrogen) atoms. The summed E-state index contributed by atoms with van der Waals surface area (Å²) in [6.45, 7) is 14.0.